The summed E-state index contributed by atoms with van der Waals surface area (Å²) in [5.41, 5.74) is 2.48. The smallest absolute Gasteiger partial charge is 0.139 e. The molecular weight excluding hydrogens is 245 g/mol. The number of phenols is 1. The zero-order valence-corrected chi connectivity index (χ0v) is 8.35. The van der Waals surface area contributed by atoms with Crippen molar-refractivity contribution < 1.29 is 10.3 Å². The fraction of sp³-hybridized carbons (Fsp3) is 0.143. The van der Waals surface area contributed by atoms with E-state index in [2.05, 4.69) is 15.9 Å². The highest BCUT2D eigenvalue weighted by Gasteiger charge is 2.07. The SMILES string of the molecule is ONCc1ccc(Br)c(Cl)c1O. The molecule has 3 N–H and O–H groups in total. The van der Waals surface area contributed by atoms with Crippen LogP contribution in [0.4, 0.5) is 0 Å². The van der Waals surface area contributed by atoms with E-state index in [0.717, 1.165) is 0 Å². The van der Waals surface area contributed by atoms with Crippen LogP contribution >= 0.6 is 27.5 Å². The van der Waals surface area contributed by atoms with Gasteiger partial charge in [0.05, 0.1) is 5.02 Å². The third-order valence-corrected chi connectivity index (χ3v) is 2.69. The second-order valence-electron chi connectivity index (χ2n) is 2.20. The first-order chi connectivity index (χ1) is 5.66. The summed E-state index contributed by atoms with van der Waals surface area (Å²) in [7, 11) is 0. The summed E-state index contributed by atoms with van der Waals surface area (Å²) in [5.74, 6) is -0.0207. The minimum Gasteiger partial charge on any atom is -0.506 e. The number of rotatable bonds is 2. The van der Waals surface area contributed by atoms with E-state index in [9.17, 15) is 5.11 Å². The number of hydrogen-bond acceptors (Lipinski definition) is 3. The number of hydroxylamine groups is 1. The molecule has 0 saturated carbocycles. The summed E-state index contributed by atoms with van der Waals surface area (Å²) < 4.78 is 0.628. The minimum atomic E-state index is -0.0207. The van der Waals surface area contributed by atoms with Crippen LogP contribution in [0.3, 0.4) is 0 Å². The van der Waals surface area contributed by atoms with Crippen molar-refractivity contribution in [1.82, 2.24) is 5.48 Å². The first kappa shape index (κ1) is 9.80. The predicted octanol–water partition coefficient (Wildman–Crippen LogP) is 2.29. The van der Waals surface area contributed by atoms with Crippen molar-refractivity contribution in [3.05, 3.63) is 27.2 Å². The topological polar surface area (TPSA) is 52.5 Å². The van der Waals surface area contributed by atoms with E-state index >= 15 is 0 Å². The molecule has 12 heavy (non-hydrogen) atoms. The number of nitrogens with one attached hydrogen (secondary N) is 1. The van der Waals surface area contributed by atoms with Gasteiger partial charge in [-0.25, -0.2) is 5.48 Å². The van der Waals surface area contributed by atoms with Gasteiger partial charge in [0.1, 0.15) is 5.75 Å². The predicted molar refractivity (Wildman–Crippen MR) is 49.4 cm³/mol. The first-order valence-electron chi connectivity index (χ1n) is 3.19. The van der Waals surface area contributed by atoms with Crippen LogP contribution in [0, 0.1) is 0 Å². The molecule has 0 radical (unpaired) electrons. The molecule has 3 nitrogen and oxygen atoms in total. The van der Waals surface area contributed by atoms with Crippen LogP contribution in [0.15, 0.2) is 16.6 Å². The molecular formula is C7H7BrClNO2. The fourth-order valence-electron chi connectivity index (χ4n) is 0.808. The summed E-state index contributed by atoms with van der Waals surface area (Å²) in [4.78, 5) is 0. The van der Waals surface area contributed by atoms with Gasteiger partial charge in [0.15, 0.2) is 0 Å². The van der Waals surface area contributed by atoms with Crippen LogP contribution in [-0.2, 0) is 6.54 Å². The van der Waals surface area contributed by atoms with Gasteiger partial charge >= 0.3 is 0 Å². The van der Waals surface area contributed by atoms with E-state index in [0.29, 0.717) is 10.0 Å². The summed E-state index contributed by atoms with van der Waals surface area (Å²) in [6.45, 7) is 0.166. The van der Waals surface area contributed by atoms with Crippen LogP contribution in [0.5, 0.6) is 5.75 Å². The van der Waals surface area contributed by atoms with Crippen LogP contribution in [0.1, 0.15) is 5.56 Å². The van der Waals surface area contributed by atoms with E-state index in [4.69, 9.17) is 16.8 Å². The minimum absolute atomic E-state index is 0.0207. The van der Waals surface area contributed by atoms with Crippen LogP contribution in [0.2, 0.25) is 5.02 Å². The molecule has 0 aliphatic rings. The van der Waals surface area contributed by atoms with Gasteiger partial charge in [-0.05, 0) is 22.0 Å². The Hall–Kier alpha value is -0.290. The monoisotopic (exact) mass is 251 g/mol. The average Bonchev–Trinajstić information content (AvgIpc) is 2.07. The standard InChI is InChI=1S/C7H7BrClNO2/c8-5-2-1-4(3-10-12)7(11)6(5)9/h1-2,10-12H,3H2. The lowest BCUT2D eigenvalue weighted by Crippen LogP contribution is -2.06. The third kappa shape index (κ3) is 1.90. The van der Waals surface area contributed by atoms with Crippen molar-refractivity contribution in [2.45, 2.75) is 6.54 Å². The molecule has 0 unspecified atom stereocenters. The summed E-state index contributed by atoms with van der Waals surface area (Å²) in [6.07, 6.45) is 0. The lowest BCUT2D eigenvalue weighted by Gasteiger charge is -2.05. The highest BCUT2D eigenvalue weighted by molar-refractivity contribution is 9.10. The number of halogens is 2. The lowest BCUT2D eigenvalue weighted by molar-refractivity contribution is 0.160. The second-order valence-corrected chi connectivity index (χ2v) is 3.44. The third-order valence-electron chi connectivity index (χ3n) is 1.42. The molecule has 1 rings (SSSR count). The zero-order valence-electron chi connectivity index (χ0n) is 6.01. The van der Waals surface area contributed by atoms with E-state index in [1.165, 1.54) is 0 Å². The van der Waals surface area contributed by atoms with E-state index in [1.807, 2.05) is 5.48 Å². The van der Waals surface area contributed by atoms with Gasteiger partial charge < -0.3 is 10.3 Å². The molecule has 0 aliphatic carbocycles. The Kier molecular flexibility index (Phi) is 3.34. The quantitative estimate of drug-likeness (QED) is 0.708. The highest BCUT2D eigenvalue weighted by Crippen LogP contribution is 2.33. The molecule has 0 saturated heterocycles. The molecule has 66 valence electrons. The van der Waals surface area contributed by atoms with E-state index in [-0.39, 0.29) is 17.3 Å². The van der Waals surface area contributed by atoms with Crippen molar-refractivity contribution in [1.29, 1.82) is 0 Å². The summed E-state index contributed by atoms with van der Waals surface area (Å²) in [6, 6.07) is 3.36. The zero-order chi connectivity index (χ0) is 9.14. The molecule has 0 amide bonds. The van der Waals surface area contributed by atoms with Crippen molar-refractivity contribution in [3.8, 4) is 5.75 Å². The fourth-order valence-corrected chi connectivity index (χ4v) is 1.31. The number of phenolic OH excluding ortho intramolecular Hbond substituents is 1. The molecule has 0 heterocycles. The van der Waals surface area contributed by atoms with Gasteiger partial charge in [0, 0.05) is 16.6 Å². The largest absolute Gasteiger partial charge is 0.506 e. The number of benzene rings is 1. The maximum atomic E-state index is 9.40. The van der Waals surface area contributed by atoms with Gasteiger partial charge in [-0.2, -0.15) is 0 Å². The Balaban J connectivity index is 3.08. The molecule has 0 aliphatic heterocycles. The maximum Gasteiger partial charge on any atom is 0.139 e. The first-order valence-corrected chi connectivity index (χ1v) is 4.36. The van der Waals surface area contributed by atoms with Crippen LogP contribution < -0.4 is 5.48 Å². The maximum absolute atomic E-state index is 9.40. The Morgan fingerprint density at radius 2 is 2.17 bits per heavy atom. The Morgan fingerprint density at radius 3 is 2.75 bits per heavy atom. The Bertz CT molecular complexity index is 293. The number of hydrogen-bond donors (Lipinski definition) is 3. The molecule has 5 heteroatoms. The average molecular weight is 252 g/mol. The van der Waals surface area contributed by atoms with Crippen molar-refractivity contribution in [2.24, 2.45) is 0 Å². The molecule has 0 fully saturated rings. The number of aromatic hydroxyl groups is 1. The van der Waals surface area contributed by atoms with Crippen LogP contribution in [0.25, 0.3) is 0 Å². The second kappa shape index (κ2) is 4.09. The molecule has 0 bridgehead atoms. The van der Waals surface area contributed by atoms with E-state index in [1.54, 1.807) is 12.1 Å². The molecule has 0 spiro atoms. The Labute approximate surface area is 83.1 Å². The van der Waals surface area contributed by atoms with Crippen molar-refractivity contribution in [3.63, 3.8) is 0 Å². The van der Waals surface area contributed by atoms with Gasteiger partial charge in [-0.15, -0.1) is 0 Å². The molecule has 1 aromatic carbocycles. The van der Waals surface area contributed by atoms with E-state index < -0.39 is 0 Å². The van der Waals surface area contributed by atoms with Gasteiger partial charge in [-0.3, -0.25) is 0 Å². The lowest BCUT2D eigenvalue weighted by atomic mass is 10.2. The molecule has 1 aromatic rings. The highest BCUT2D eigenvalue weighted by atomic mass is 79.9. The van der Waals surface area contributed by atoms with Crippen molar-refractivity contribution >= 4 is 27.5 Å². The van der Waals surface area contributed by atoms with Crippen molar-refractivity contribution in [2.75, 3.05) is 0 Å². The van der Waals surface area contributed by atoms with Gasteiger partial charge in [0.2, 0.25) is 0 Å². The normalized spacial score (nSPS) is 10.2. The summed E-state index contributed by atoms with van der Waals surface area (Å²) >= 11 is 8.87. The summed E-state index contributed by atoms with van der Waals surface area (Å²) in [5, 5.41) is 18.0. The molecule has 0 aromatic heterocycles. The Morgan fingerprint density at radius 1 is 1.50 bits per heavy atom. The van der Waals surface area contributed by atoms with Crippen LogP contribution in [-0.4, -0.2) is 10.3 Å². The van der Waals surface area contributed by atoms with Gasteiger partial charge in [-0.1, -0.05) is 17.7 Å². The van der Waals surface area contributed by atoms with Gasteiger partial charge in [0.25, 0.3) is 0 Å². The molecule has 0 atom stereocenters.